The van der Waals surface area contributed by atoms with Crippen LogP contribution < -0.4 is 16.1 Å². The van der Waals surface area contributed by atoms with Gasteiger partial charge in [-0.05, 0) is 30.2 Å². The largest absolute Gasteiger partial charge is 0.332 e. The van der Waals surface area contributed by atoms with Crippen LogP contribution in [-0.2, 0) is 20.1 Å². The number of ketones is 1. The topological polar surface area (TPSA) is 82.1 Å². The Labute approximate surface area is 194 Å². The van der Waals surface area contributed by atoms with Gasteiger partial charge in [0.1, 0.15) is 0 Å². The van der Waals surface area contributed by atoms with E-state index in [-0.39, 0.29) is 18.2 Å². The molecule has 1 aliphatic heterocycles. The normalized spacial score (nSPS) is 15.6. The predicted octanol–water partition coefficient (Wildman–Crippen LogP) is 3.22. The lowest BCUT2D eigenvalue weighted by Gasteiger charge is -2.33. The molecular weight excluding hydrogens is 442 g/mol. The molecule has 33 heavy (non-hydrogen) atoms. The number of aromatic nitrogens is 4. The monoisotopic (exact) mass is 463 g/mol. The summed E-state index contributed by atoms with van der Waals surface area (Å²) in [6.07, 6.45) is 0. The lowest BCUT2D eigenvalue weighted by molar-refractivity contribution is 0.0969. The Morgan fingerprint density at radius 2 is 1.76 bits per heavy atom. The van der Waals surface area contributed by atoms with Gasteiger partial charge < -0.3 is 9.47 Å². The molecule has 1 aliphatic rings. The zero-order valence-corrected chi connectivity index (χ0v) is 19.0. The second kappa shape index (κ2) is 8.04. The molecule has 4 aromatic rings. The molecule has 2 aromatic heterocycles. The van der Waals surface area contributed by atoms with Crippen LogP contribution in [0.3, 0.4) is 0 Å². The molecule has 168 valence electrons. The van der Waals surface area contributed by atoms with Crippen LogP contribution in [0.1, 0.15) is 17.3 Å². The number of halogens is 1. The van der Waals surface area contributed by atoms with E-state index in [1.54, 1.807) is 49.5 Å². The third-order valence-corrected chi connectivity index (χ3v) is 6.23. The minimum Gasteiger partial charge on any atom is -0.312 e. The maximum absolute atomic E-state index is 13.5. The third-order valence-electron chi connectivity index (χ3n) is 5.98. The first-order valence-corrected chi connectivity index (χ1v) is 11.0. The molecule has 0 aliphatic carbocycles. The number of imidazole rings is 1. The fourth-order valence-electron chi connectivity index (χ4n) is 4.34. The number of rotatable bonds is 4. The van der Waals surface area contributed by atoms with Crippen LogP contribution in [0, 0.1) is 5.92 Å². The smallest absolute Gasteiger partial charge is 0.312 e. The van der Waals surface area contributed by atoms with Crippen molar-refractivity contribution in [2.24, 2.45) is 13.0 Å². The van der Waals surface area contributed by atoms with Crippen LogP contribution in [0.5, 0.6) is 0 Å². The zero-order chi connectivity index (χ0) is 23.3. The van der Waals surface area contributed by atoms with Crippen molar-refractivity contribution < 1.29 is 4.79 Å². The van der Waals surface area contributed by atoms with Crippen LogP contribution >= 0.6 is 11.6 Å². The average Bonchev–Trinajstić information content (AvgIpc) is 3.20. The van der Waals surface area contributed by atoms with E-state index in [4.69, 9.17) is 11.6 Å². The van der Waals surface area contributed by atoms with E-state index in [2.05, 4.69) is 11.9 Å². The summed E-state index contributed by atoms with van der Waals surface area (Å²) in [5, 5.41) is 0.630. The van der Waals surface area contributed by atoms with Crippen molar-refractivity contribution >= 4 is 40.2 Å². The van der Waals surface area contributed by atoms with Gasteiger partial charge in [0.2, 0.25) is 5.95 Å². The number of hydrogen-bond donors (Lipinski definition) is 0. The quantitative estimate of drug-likeness (QED) is 0.434. The summed E-state index contributed by atoms with van der Waals surface area (Å²) in [5.74, 6) is 0.509. The van der Waals surface area contributed by atoms with Gasteiger partial charge in [0.15, 0.2) is 16.9 Å². The van der Waals surface area contributed by atoms with E-state index in [0.717, 1.165) is 10.3 Å². The van der Waals surface area contributed by atoms with Gasteiger partial charge in [-0.15, -0.1) is 0 Å². The number of carbonyl (C=O) groups excluding carboxylic acids is 1. The van der Waals surface area contributed by atoms with Crippen LogP contribution in [-0.4, -0.2) is 31.0 Å². The number of fused-ring (bicyclic) bond motifs is 3. The number of Topliss-reactive ketones (excluding diaryl/α,β-unsaturated/α-hetero) is 1. The van der Waals surface area contributed by atoms with Gasteiger partial charge in [-0.3, -0.25) is 18.7 Å². The van der Waals surface area contributed by atoms with E-state index in [9.17, 15) is 14.4 Å². The highest BCUT2D eigenvalue weighted by atomic mass is 35.5. The SMILES string of the molecule is CC1CN(c2ccc(Cl)cc2)c2nc3c(c(=O)n(CC(=O)c4ccccc4)c(=O)n3C)n2C1. The zero-order valence-electron chi connectivity index (χ0n) is 18.2. The average molecular weight is 464 g/mol. The minimum absolute atomic E-state index is 0.224. The fourth-order valence-corrected chi connectivity index (χ4v) is 4.47. The third kappa shape index (κ3) is 3.56. The number of benzene rings is 2. The molecule has 0 saturated carbocycles. The van der Waals surface area contributed by atoms with Crippen LogP contribution in [0.4, 0.5) is 11.6 Å². The Kier molecular flexibility index (Phi) is 5.17. The first-order chi connectivity index (χ1) is 15.8. The summed E-state index contributed by atoms with van der Waals surface area (Å²) in [6.45, 7) is 3.05. The number of carbonyl (C=O) groups is 1. The second-order valence-electron chi connectivity index (χ2n) is 8.41. The maximum atomic E-state index is 13.5. The standard InChI is InChI=1S/C24H22ClN5O3/c1-15-12-28(18-10-8-17(25)9-11-18)23-26-21-20(29(23)13-15)22(32)30(24(33)27(21)2)14-19(31)16-6-4-3-5-7-16/h3-11,15H,12-14H2,1-2H3. The number of nitrogens with zero attached hydrogens (tertiary/aromatic N) is 5. The molecule has 8 nitrogen and oxygen atoms in total. The molecule has 0 bridgehead atoms. The van der Waals surface area contributed by atoms with E-state index >= 15 is 0 Å². The molecule has 2 aromatic carbocycles. The van der Waals surface area contributed by atoms with Crippen LogP contribution in [0.15, 0.2) is 64.2 Å². The summed E-state index contributed by atoms with van der Waals surface area (Å²) in [4.78, 5) is 46.0. The molecule has 5 rings (SSSR count). The number of hydrogen-bond acceptors (Lipinski definition) is 5. The molecule has 3 heterocycles. The molecule has 9 heteroatoms. The van der Waals surface area contributed by atoms with E-state index in [1.807, 2.05) is 21.6 Å². The second-order valence-corrected chi connectivity index (χ2v) is 8.85. The van der Waals surface area contributed by atoms with Crippen molar-refractivity contribution in [3.63, 3.8) is 0 Å². The van der Waals surface area contributed by atoms with E-state index in [1.165, 1.54) is 4.57 Å². The Morgan fingerprint density at radius 1 is 1.06 bits per heavy atom. The van der Waals surface area contributed by atoms with Gasteiger partial charge in [0.05, 0.1) is 6.54 Å². The minimum atomic E-state index is -0.571. The Bertz CT molecular complexity index is 1490. The van der Waals surface area contributed by atoms with E-state index in [0.29, 0.717) is 40.8 Å². The Morgan fingerprint density at radius 3 is 2.45 bits per heavy atom. The maximum Gasteiger partial charge on any atom is 0.332 e. The van der Waals surface area contributed by atoms with Crippen molar-refractivity contribution in [1.82, 2.24) is 18.7 Å². The van der Waals surface area contributed by atoms with Gasteiger partial charge in [-0.1, -0.05) is 48.9 Å². The highest BCUT2D eigenvalue weighted by Gasteiger charge is 2.30. The number of anilines is 2. The number of aryl methyl sites for hydroxylation is 1. The molecular formula is C24H22ClN5O3. The lowest BCUT2D eigenvalue weighted by Crippen LogP contribution is -2.42. The van der Waals surface area contributed by atoms with Gasteiger partial charge in [0.25, 0.3) is 5.56 Å². The fraction of sp³-hybridized carbons (Fsp3) is 0.250. The first-order valence-electron chi connectivity index (χ1n) is 10.7. The Balaban J connectivity index is 1.68. The molecule has 0 saturated heterocycles. The van der Waals surface area contributed by atoms with Gasteiger partial charge in [-0.25, -0.2) is 4.79 Å². The molecule has 1 atom stereocenters. The molecule has 1 unspecified atom stereocenters. The van der Waals surface area contributed by atoms with Crippen molar-refractivity contribution in [3.8, 4) is 0 Å². The predicted molar refractivity (Wildman–Crippen MR) is 128 cm³/mol. The van der Waals surface area contributed by atoms with Gasteiger partial charge >= 0.3 is 5.69 Å². The summed E-state index contributed by atoms with van der Waals surface area (Å²) >= 11 is 6.06. The highest BCUT2D eigenvalue weighted by molar-refractivity contribution is 6.30. The van der Waals surface area contributed by atoms with Crippen molar-refractivity contribution in [3.05, 3.63) is 86.0 Å². The summed E-state index contributed by atoms with van der Waals surface area (Å²) in [5.41, 5.74) is 0.881. The highest BCUT2D eigenvalue weighted by Crippen LogP contribution is 2.33. The van der Waals surface area contributed by atoms with Crippen LogP contribution in [0.2, 0.25) is 5.02 Å². The van der Waals surface area contributed by atoms with Crippen molar-refractivity contribution in [2.75, 3.05) is 11.4 Å². The molecule has 0 fully saturated rings. The van der Waals surface area contributed by atoms with Crippen molar-refractivity contribution in [1.29, 1.82) is 0 Å². The molecule has 0 amide bonds. The van der Waals surface area contributed by atoms with Crippen LogP contribution in [0.25, 0.3) is 11.2 Å². The molecule has 0 N–H and O–H groups in total. The summed E-state index contributed by atoms with van der Waals surface area (Å²) in [6, 6.07) is 16.1. The molecule has 0 spiro atoms. The Hall–Kier alpha value is -3.65. The lowest BCUT2D eigenvalue weighted by atomic mass is 10.1. The van der Waals surface area contributed by atoms with Crippen molar-refractivity contribution in [2.45, 2.75) is 20.0 Å². The van der Waals surface area contributed by atoms with E-state index < -0.39 is 11.2 Å². The summed E-state index contributed by atoms with van der Waals surface area (Å²) in [7, 11) is 1.57. The van der Waals surface area contributed by atoms with Gasteiger partial charge in [-0.2, -0.15) is 4.98 Å². The van der Waals surface area contributed by atoms with Gasteiger partial charge in [0, 0.05) is 36.4 Å². The molecule has 0 radical (unpaired) electrons. The first kappa shape index (κ1) is 21.2. The summed E-state index contributed by atoms with van der Waals surface area (Å²) < 4.78 is 4.19.